The molecule has 15 heteroatoms. The van der Waals surface area contributed by atoms with Crippen molar-refractivity contribution in [3.05, 3.63) is 52.5 Å². The van der Waals surface area contributed by atoms with Gasteiger partial charge in [0.15, 0.2) is 18.6 Å². The molecule has 1 unspecified atom stereocenters. The van der Waals surface area contributed by atoms with Crippen molar-refractivity contribution in [3.8, 4) is 5.69 Å². The number of anilines is 1. The van der Waals surface area contributed by atoms with Crippen LogP contribution in [-0.4, -0.2) is 60.4 Å². The highest BCUT2D eigenvalue weighted by Crippen LogP contribution is 2.30. The number of benzene rings is 1. The average molecular weight is 490 g/mol. The Morgan fingerprint density at radius 3 is 2.59 bits per heavy atom. The fourth-order valence-electron chi connectivity index (χ4n) is 3.00. The van der Waals surface area contributed by atoms with Crippen LogP contribution in [0.2, 0.25) is 10.2 Å². The molecule has 1 aromatic carbocycles. The highest BCUT2D eigenvalue weighted by Gasteiger charge is 2.33. The number of hydrogen-bond donors (Lipinski definition) is 1. The molecule has 1 N–H and O–H groups in total. The van der Waals surface area contributed by atoms with Crippen molar-refractivity contribution in [1.82, 2.24) is 29.8 Å². The molecule has 0 bridgehead atoms. The first kappa shape index (κ1) is 22.4. The van der Waals surface area contributed by atoms with Gasteiger partial charge in [-0.2, -0.15) is 13.9 Å². The van der Waals surface area contributed by atoms with E-state index in [1.165, 1.54) is 22.0 Å². The van der Waals surface area contributed by atoms with Crippen molar-refractivity contribution in [3.63, 3.8) is 0 Å². The summed E-state index contributed by atoms with van der Waals surface area (Å²) in [5.41, 5.74) is 1.18. The number of carboxylic acid groups (broad SMARTS) is 1. The van der Waals surface area contributed by atoms with Crippen molar-refractivity contribution >= 4 is 34.9 Å². The number of alkyl halides is 2. The number of aliphatic carboxylic acids is 1. The molecule has 1 aliphatic rings. The summed E-state index contributed by atoms with van der Waals surface area (Å²) in [6.45, 7) is -3.27. The van der Waals surface area contributed by atoms with Gasteiger partial charge in [-0.3, -0.25) is 14.5 Å². The van der Waals surface area contributed by atoms with Crippen LogP contribution in [0.4, 0.5) is 14.5 Å². The van der Waals surface area contributed by atoms with Gasteiger partial charge in [-0.25, -0.2) is 14.4 Å². The van der Waals surface area contributed by atoms with Crippen molar-refractivity contribution < 1.29 is 28.4 Å². The fourth-order valence-corrected chi connectivity index (χ4v) is 3.30. The SMILES string of the molecule is O=C(O)C(Cc1ccn(C(F)F)n1)N1CON(c2cc(Cl)ccc2-n2cc(Cl)nn2)CO1. The van der Waals surface area contributed by atoms with Crippen molar-refractivity contribution in [2.24, 2.45) is 0 Å². The third-order valence-electron chi connectivity index (χ3n) is 4.50. The summed E-state index contributed by atoms with van der Waals surface area (Å²) < 4.78 is 27.3. The van der Waals surface area contributed by atoms with Gasteiger partial charge in [-0.05, 0) is 24.3 Å². The summed E-state index contributed by atoms with van der Waals surface area (Å²) in [4.78, 5) is 23.0. The van der Waals surface area contributed by atoms with Gasteiger partial charge in [0.2, 0.25) is 0 Å². The highest BCUT2D eigenvalue weighted by atomic mass is 35.5. The average Bonchev–Trinajstić information content (AvgIpc) is 3.41. The van der Waals surface area contributed by atoms with Gasteiger partial charge in [0.1, 0.15) is 6.04 Å². The highest BCUT2D eigenvalue weighted by molar-refractivity contribution is 6.31. The molecule has 0 aliphatic carbocycles. The Hall–Kier alpha value is -2.84. The second-order valence-corrected chi connectivity index (χ2v) is 7.38. The lowest BCUT2D eigenvalue weighted by Crippen LogP contribution is -2.51. The maximum absolute atomic E-state index is 12.7. The van der Waals surface area contributed by atoms with Crippen LogP contribution in [0.1, 0.15) is 12.2 Å². The quantitative estimate of drug-likeness (QED) is 0.535. The zero-order chi connectivity index (χ0) is 22.8. The van der Waals surface area contributed by atoms with E-state index in [9.17, 15) is 18.7 Å². The van der Waals surface area contributed by atoms with Gasteiger partial charge >= 0.3 is 12.5 Å². The molecule has 1 fully saturated rings. The topological polar surface area (TPSA) is 111 Å². The lowest BCUT2D eigenvalue weighted by atomic mass is 10.1. The Morgan fingerprint density at radius 2 is 2.00 bits per heavy atom. The molecule has 1 saturated heterocycles. The van der Waals surface area contributed by atoms with E-state index in [-0.39, 0.29) is 30.7 Å². The molecular formula is C17H15Cl2F2N7O4. The third kappa shape index (κ3) is 4.81. The van der Waals surface area contributed by atoms with Crippen LogP contribution in [0.25, 0.3) is 5.69 Å². The minimum absolute atomic E-state index is 0.168. The van der Waals surface area contributed by atoms with Gasteiger partial charge in [0.25, 0.3) is 0 Å². The van der Waals surface area contributed by atoms with Crippen LogP contribution >= 0.6 is 23.2 Å². The van der Waals surface area contributed by atoms with Gasteiger partial charge < -0.3 is 5.11 Å². The smallest absolute Gasteiger partial charge is 0.333 e. The molecule has 3 aromatic rings. The Morgan fingerprint density at radius 1 is 1.19 bits per heavy atom. The monoisotopic (exact) mass is 489 g/mol. The normalized spacial score (nSPS) is 16.0. The largest absolute Gasteiger partial charge is 0.480 e. The molecule has 1 atom stereocenters. The van der Waals surface area contributed by atoms with E-state index < -0.39 is 18.6 Å². The summed E-state index contributed by atoms with van der Waals surface area (Å²) in [6, 6.07) is 5.04. The second kappa shape index (κ2) is 9.34. The van der Waals surface area contributed by atoms with Crippen molar-refractivity contribution in [2.75, 3.05) is 18.5 Å². The van der Waals surface area contributed by atoms with Crippen LogP contribution in [0.15, 0.2) is 36.7 Å². The lowest BCUT2D eigenvalue weighted by Gasteiger charge is -2.37. The van der Waals surface area contributed by atoms with Gasteiger partial charge in [-0.1, -0.05) is 28.4 Å². The van der Waals surface area contributed by atoms with Crippen molar-refractivity contribution in [1.29, 1.82) is 0 Å². The maximum Gasteiger partial charge on any atom is 0.333 e. The third-order valence-corrected chi connectivity index (χ3v) is 4.91. The van der Waals surface area contributed by atoms with E-state index in [4.69, 9.17) is 32.9 Å². The Labute approximate surface area is 189 Å². The molecule has 0 amide bonds. The number of hydroxylamine groups is 3. The summed E-state index contributed by atoms with van der Waals surface area (Å²) >= 11 is 12.0. The first-order chi connectivity index (χ1) is 15.3. The molecule has 0 spiro atoms. The molecule has 4 rings (SSSR count). The molecule has 3 heterocycles. The number of aromatic nitrogens is 5. The first-order valence-corrected chi connectivity index (χ1v) is 9.80. The first-order valence-electron chi connectivity index (χ1n) is 9.04. The predicted molar refractivity (Wildman–Crippen MR) is 106 cm³/mol. The number of rotatable bonds is 7. The molecule has 0 radical (unpaired) electrons. The van der Waals surface area contributed by atoms with Crippen LogP contribution in [0, 0.1) is 0 Å². The molecule has 2 aromatic heterocycles. The molecule has 32 heavy (non-hydrogen) atoms. The zero-order valence-corrected chi connectivity index (χ0v) is 17.6. The molecule has 1 aliphatic heterocycles. The minimum atomic E-state index is -2.82. The van der Waals surface area contributed by atoms with Gasteiger partial charge in [0, 0.05) is 17.6 Å². The number of carbonyl (C=O) groups is 1. The number of halogens is 4. The van der Waals surface area contributed by atoms with E-state index in [2.05, 4.69) is 15.4 Å². The summed E-state index contributed by atoms with van der Waals surface area (Å²) in [7, 11) is 0. The summed E-state index contributed by atoms with van der Waals surface area (Å²) in [5.74, 6) is -1.23. The van der Waals surface area contributed by atoms with Crippen molar-refractivity contribution in [2.45, 2.75) is 19.0 Å². The van der Waals surface area contributed by atoms with E-state index in [0.29, 0.717) is 21.1 Å². The van der Waals surface area contributed by atoms with Gasteiger partial charge in [0.05, 0.1) is 23.3 Å². The van der Waals surface area contributed by atoms with Crippen LogP contribution < -0.4 is 5.06 Å². The standard InChI is InChI=1S/C17H15Cl2F2N7O4/c18-10-1-2-12(26-7-15(19)22-24-26)13(5-10)27-8-32-28(9-31-27)14(16(29)30)6-11-3-4-25(23-11)17(20)21/h1-5,7,14,17H,6,8-9H2,(H,29,30). The van der Waals surface area contributed by atoms with Crippen LogP contribution in [0.5, 0.6) is 0 Å². The second-order valence-electron chi connectivity index (χ2n) is 6.55. The number of carboxylic acids is 1. The van der Waals surface area contributed by atoms with E-state index in [1.807, 2.05) is 0 Å². The fraction of sp³-hybridized carbons (Fsp3) is 0.294. The van der Waals surface area contributed by atoms with Gasteiger partial charge in [-0.15, -0.1) is 10.2 Å². The summed E-state index contributed by atoms with van der Waals surface area (Å²) in [6.07, 6.45) is 2.40. The lowest BCUT2D eigenvalue weighted by molar-refractivity contribution is -0.282. The minimum Gasteiger partial charge on any atom is -0.480 e. The van der Waals surface area contributed by atoms with E-state index in [1.54, 1.807) is 18.2 Å². The Balaban J connectivity index is 1.48. The molecule has 170 valence electrons. The molecular weight excluding hydrogens is 475 g/mol. The number of hydrogen-bond acceptors (Lipinski definition) is 8. The molecule has 11 nitrogen and oxygen atoms in total. The zero-order valence-electron chi connectivity index (χ0n) is 16.1. The predicted octanol–water partition coefficient (Wildman–Crippen LogP) is 2.76. The van der Waals surface area contributed by atoms with Crippen LogP contribution in [-0.2, 0) is 20.9 Å². The van der Waals surface area contributed by atoms with E-state index >= 15 is 0 Å². The Bertz CT molecular complexity index is 1100. The number of nitrogens with zero attached hydrogens (tertiary/aromatic N) is 7. The van der Waals surface area contributed by atoms with Crippen LogP contribution in [0.3, 0.4) is 0 Å². The van der Waals surface area contributed by atoms with E-state index in [0.717, 1.165) is 11.3 Å². The summed E-state index contributed by atoms with van der Waals surface area (Å²) in [5, 5.41) is 24.0. The molecule has 0 saturated carbocycles. The maximum atomic E-state index is 12.7. The Kier molecular flexibility index (Phi) is 6.53.